The van der Waals surface area contributed by atoms with Gasteiger partial charge in [-0.1, -0.05) is 11.6 Å². The van der Waals surface area contributed by atoms with Gasteiger partial charge in [-0.15, -0.1) is 0 Å². The Morgan fingerprint density at radius 3 is 2.32 bits per heavy atom. The van der Waals surface area contributed by atoms with Crippen molar-refractivity contribution in [3.8, 4) is 0 Å². The molecule has 1 aromatic rings. The highest BCUT2D eigenvalue weighted by molar-refractivity contribution is 6.33. The van der Waals surface area contributed by atoms with E-state index in [4.69, 9.17) is 11.6 Å². The molecule has 0 bridgehead atoms. The van der Waals surface area contributed by atoms with E-state index in [0.29, 0.717) is 6.07 Å². The van der Waals surface area contributed by atoms with E-state index < -0.39 is 36.2 Å². The fraction of sp³-hybridized carbons (Fsp3) is 0.267. The van der Waals surface area contributed by atoms with Gasteiger partial charge in [0.05, 0.1) is 22.9 Å². The van der Waals surface area contributed by atoms with Crippen LogP contribution in [0.15, 0.2) is 30.4 Å². The van der Waals surface area contributed by atoms with Crippen LogP contribution in [0.4, 0.5) is 18.9 Å². The number of hydrogen-bond donors (Lipinski definition) is 1. The normalized spacial score (nSPS) is 11.2. The summed E-state index contributed by atoms with van der Waals surface area (Å²) in [6.07, 6.45) is -3.04. The molecule has 10 heteroatoms. The molecule has 1 rings (SSSR count). The van der Waals surface area contributed by atoms with Crippen LogP contribution < -0.4 is 5.32 Å². The number of alkyl halides is 3. The number of carbonyl (C=O) groups is 3. The number of amides is 1. The Bertz CT molecular complexity index is 688. The van der Waals surface area contributed by atoms with Crippen LogP contribution >= 0.6 is 11.6 Å². The SMILES string of the molecule is CCOC(=O)/C=C/C(=O)OCC(=O)Nc1cc(C(F)(F)F)ccc1Cl. The van der Waals surface area contributed by atoms with E-state index in [2.05, 4.69) is 14.8 Å². The first kappa shape index (κ1) is 20.5. The van der Waals surface area contributed by atoms with E-state index in [1.54, 1.807) is 6.92 Å². The molecule has 0 aromatic heterocycles. The number of nitrogens with one attached hydrogen (secondary N) is 1. The van der Waals surface area contributed by atoms with E-state index in [0.717, 1.165) is 24.3 Å². The highest BCUT2D eigenvalue weighted by atomic mass is 35.5. The molecule has 0 saturated carbocycles. The summed E-state index contributed by atoms with van der Waals surface area (Å²) in [5.41, 5.74) is -1.28. The van der Waals surface area contributed by atoms with Crippen LogP contribution in [0.2, 0.25) is 5.02 Å². The van der Waals surface area contributed by atoms with E-state index in [-0.39, 0.29) is 17.3 Å². The minimum Gasteiger partial charge on any atom is -0.463 e. The van der Waals surface area contributed by atoms with E-state index in [1.165, 1.54) is 0 Å². The summed E-state index contributed by atoms with van der Waals surface area (Å²) in [6.45, 7) is 0.921. The van der Waals surface area contributed by atoms with Gasteiger partial charge in [0, 0.05) is 12.2 Å². The minimum absolute atomic E-state index is 0.116. The van der Waals surface area contributed by atoms with Crippen LogP contribution in [0.5, 0.6) is 0 Å². The zero-order valence-electron chi connectivity index (χ0n) is 12.9. The Kier molecular flexibility index (Phi) is 7.43. The van der Waals surface area contributed by atoms with Gasteiger partial charge in [0.25, 0.3) is 5.91 Å². The molecule has 1 N–H and O–H groups in total. The number of anilines is 1. The van der Waals surface area contributed by atoms with Crippen molar-refractivity contribution in [2.45, 2.75) is 13.1 Å². The van der Waals surface area contributed by atoms with Crippen molar-refractivity contribution in [3.63, 3.8) is 0 Å². The molecule has 0 unspecified atom stereocenters. The van der Waals surface area contributed by atoms with Gasteiger partial charge in [-0.25, -0.2) is 9.59 Å². The van der Waals surface area contributed by atoms with Crippen LogP contribution in [0, 0.1) is 0 Å². The molecule has 0 spiro atoms. The van der Waals surface area contributed by atoms with Gasteiger partial charge < -0.3 is 14.8 Å². The molecule has 1 aromatic carbocycles. The Morgan fingerprint density at radius 1 is 1.16 bits per heavy atom. The summed E-state index contributed by atoms with van der Waals surface area (Å²) >= 11 is 5.71. The second-order valence-corrected chi connectivity index (χ2v) is 4.84. The monoisotopic (exact) mass is 379 g/mol. The highest BCUT2D eigenvalue weighted by Crippen LogP contribution is 2.33. The second kappa shape index (κ2) is 9.07. The molecule has 6 nitrogen and oxygen atoms in total. The zero-order chi connectivity index (χ0) is 19.0. The van der Waals surface area contributed by atoms with Crippen molar-refractivity contribution in [1.29, 1.82) is 0 Å². The predicted octanol–water partition coefficient (Wildman–Crippen LogP) is 2.96. The maximum absolute atomic E-state index is 12.6. The van der Waals surface area contributed by atoms with Crippen molar-refractivity contribution in [2.75, 3.05) is 18.5 Å². The molecular formula is C15H13ClF3NO5. The standard InChI is InChI=1S/C15H13ClF3NO5/c1-2-24-13(22)5-6-14(23)25-8-12(21)20-11-7-9(15(17,18)19)3-4-10(11)16/h3-7H,2,8H2,1H3,(H,20,21)/b6-5+. The number of carbonyl (C=O) groups excluding carboxylic acids is 3. The van der Waals surface area contributed by atoms with Crippen LogP contribution in [0.1, 0.15) is 12.5 Å². The van der Waals surface area contributed by atoms with Crippen LogP contribution in [0.3, 0.4) is 0 Å². The van der Waals surface area contributed by atoms with Gasteiger partial charge in [-0.05, 0) is 25.1 Å². The van der Waals surface area contributed by atoms with E-state index >= 15 is 0 Å². The molecule has 136 valence electrons. The van der Waals surface area contributed by atoms with Gasteiger partial charge in [0.2, 0.25) is 0 Å². The first-order chi connectivity index (χ1) is 11.6. The van der Waals surface area contributed by atoms with Gasteiger partial charge in [-0.3, -0.25) is 4.79 Å². The molecule has 25 heavy (non-hydrogen) atoms. The van der Waals surface area contributed by atoms with Crippen molar-refractivity contribution >= 4 is 35.1 Å². The molecule has 1 amide bonds. The third-order valence-electron chi connectivity index (χ3n) is 2.56. The minimum atomic E-state index is -4.60. The maximum atomic E-state index is 12.6. The topological polar surface area (TPSA) is 81.7 Å². The van der Waals surface area contributed by atoms with Gasteiger partial charge in [0.15, 0.2) is 6.61 Å². The lowest BCUT2D eigenvalue weighted by Crippen LogP contribution is -2.21. The Labute approximate surface area is 145 Å². The van der Waals surface area contributed by atoms with Gasteiger partial charge in [-0.2, -0.15) is 13.2 Å². The first-order valence-electron chi connectivity index (χ1n) is 6.81. The average Bonchev–Trinajstić information content (AvgIpc) is 2.52. The van der Waals surface area contributed by atoms with Crippen LogP contribution in [-0.2, 0) is 30.0 Å². The number of ether oxygens (including phenoxy) is 2. The molecule has 0 fully saturated rings. The number of hydrogen-bond acceptors (Lipinski definition) is 5. The fourth-order valence-electron chi connectivity index (χ4n) is 1.49. The van der Waals surface area contributed by atoms with Gasteiger partial charge in [0.1, 0.15) is 0 Å². The maximum Gasteiger partial charge on any atom is 0.416 e. The Hall–Kier alpha value is -2.55. The summed E-state index contributed by atoms with van der Waals surface area (Å²) in [6, 6.07) is 2.40. The Balaban J connectivity index is 2.60. The zero-order valence-corrected chi connectivity index (χ0v) is 13.6. The molecule has 0 heterocycles. The quantitative estimate of drug-likeness (QED) is 0.607. The molecule has 0 saturated heterocycles. The lowest BCUT2D eigenvalue weighted by atomic mass is 10.2. The van der Waals surface area contributed by atoms with E-state index in [9.17, 15) is 27.6 Å². The smallest absolute Gasteiger partial charge is 0.416 e. The number of halogens is 4. The van der Waals surface area contributed by atoms with Crippen LogP contribution in [-0.4, -0.2) is 31.1 Å². The summed E-state index contributed by atoms with van der Waals surface area (Å²) < 4.78 is 46.9. The summed E-state index contributed by atoms with van der Waals surface area (Å²) in [5.74, 6) is -2.67. The number of rotatable bonds is 6. The number of esters is 2. The molecule has 0 atom stereocenters. The molecule has 0 aliphatic heterocycles. The second-order valence-electron chi connectivity index (χ2n) is 4.43. The predicted molar refractivity (Wildman–Crippen MR) is 81.8 cm³/mol. The largest absolute Gasteiger partial charge is 0.463 e. The van der Waals surface area contributed by atoms with Gasteiger partial charge >= 0.3 is 18.1 Å². The molecule has 0 radical (unpaired) electrons. The summed E-state index contributed by atoms with van der Waals surface area (Å²) in [4.78, 5) is 33.9. The van der Waals surface area contributed by atoms with Crippen molar-refractivity contribution in [2.24, 2.45) is 0 Å². The molecule has 0 aliphatic rings. The van der Waals surface area contributed by atoms with Crippen molar-refractivity contribution in [1.82, 2.24) is 0 Å². The van der Waals surface area contributed by atoms with Crippen molar-refractivity contribution in [3.05, 3.63) is 40.9 Å². The Morgan fingerprint density at radius 2 is 1.76 bits per heavy atom. The molecular weight excluding hydrogens is 367 g/mol. The summed E-state index contributed by atoms with van der Waals surface area (Å²) in [7, 11) is 0. The third kappa shape index (κ3) is 7.25. The average molecular weight is 380 g/mol. The highest BCUT2D eigenvalue weighted by Gasteiger charge is 2.31. The van der Waals surface area contributed by atoms with Crippen LogP contribution in [0.25, 0.3) is 0 Å². The first-order valence-corrected chi connectivity index (χ1v) is 7.19. The molecule has 0 aliphatic carbocycles. The lowest BCUT2D eigenvalue weighted by molar-refractivity contribution is -0.143. The fourth-order valence-corrected chi connectivity index (χ4v) is 1.66. The lowest BCUT2D eigenvalue weighted by Gasteiger charge is -2.11. The third-order valence-corrected chi connectivity index (χ3v) is 2.88. The summed E-state index contributed by atoms with van der Waals surface area (Å²) in [5, 5.41) is 1.98. The number of benzene rings is 1. The van der Waals surface area contributed by atoms with E-state index in [1.807, 2.05) is 0 Å². The van der Waals surface area contributed by atoms with Crippen molar-refractivity contribution < 1.29 is 37.0 Å².